The van der Waals surface area contributed by atoms with E-state index in [2.05, 4.69) is 15.0 Å². The first kappa shape index (κ1) is 25.3. The fourth-order valence-electron chi connectivity index (χ4n) is 5.26. The molecule has 0 spiro atoms. The van der Waals surface area contributed by atoms with Crippen LogP contribution in [0.2, 0.25) is 0 Å². The van der Waals surface area contributed by atoms with Crippen LogP contribution in [0.25, 0.3) is 38.7 Å². The van der Waals surface area contributed by atoms with Crippen LogP contribution in [-0.4, -0.2) is 51.9 Å². The molecule has 5 aromatic rings. The van der Waals surface area contributed by atoms with E-state index < -0.39 is 12.2 Å². The zero-order valence-electron chi connectivity index (χ0n) is 21.2. The van der Waals surface area contributed by atoms with E-state index in [0.29, 0.717) is 23.0 Å². The fourth-order valence-corrected chi connectivity index (χ4v) is 5.26. The summed E-state index contributed by atoms with van der Waals surface area (Å²) in [6, 6.07) is 15.9. The van der Waals surface area contributed by atoms with Gasteiger partial charge in [0.2, 0.25) is 0 Å². The Bertz CT molecular complexity index is 1610. The predicted molar refractivity (Wildman–Crippen MR) is 146 cm³/mol. The van der Waals surface area contributed by atoms with Crippen LogP contribution in [0, 0.1) is 0 Å². The molecular weight excluding hydrogens is 503 g/mol. The third-order valence-corrected chi connectivity index (χ3v) is 7.35. The van der Waals surface area contributed by atoms with E-state index in [9.17, 15) is 13.2 Å². The van der Waals surface area contributed by atoms with Gasteiger partial charge < -0.3 is 10.5 Å². The summed E-state index contributed by atoms with van der Waals surface area (Å²) in [5.74, 6) is 0.828. The fraction of sp³-hybridized carbons (Fsp3) is 0.267. The molecule has 2 aromatic heterocycles. The average molecular weight is 532 g/mol. The number of hydrogen-bond donors (Lipinski definition) is 1. The number of rotatable bonds is 7. The van der Waals surface area contributed by atoms with Crippen LogP contribution >= 0.6 is 0 Å². The van der Waals surface area contributed by atoms with Crippen molar-refractivity contribution in [1.29, 1.82) is 0 Å². The quantitative estimate of drug-likeness (QED) is 0.269. The maximum absolute atomic E-state index is 13.4. The molecule has 0 radical (unpaired) electrons. The Morgan fingerprint density at radius 3 is 2.36 bits per heavy atom. The summed E-state index contributed by atoms with van der Waals surface area (Å²) in [5, 5.41) is 5.62. The highest BCUT2D eigenvalue weighted by atomic mass is 19.4. The van der Waals surface area contributed by atoms with Crippen molar-refractivity contribution in [3.63, 3.8) is 0 Å². The molecular formula is C30H28F3N5O. The number of ether oxygens (including phenoxy) is 1. The minimum absolute atomic E-state index is 0.0389. The van der Waals surface area contributed by atoms with Gasteiger partial charge in [-0.25, -0.2) is 9.50 Å². The highest BCUT2D eigenvalue weighted by molar-refractivity contribution is 6.01. The standard InChI is InChI=1S/C30H28F3N5O/c31-30(32,33)28(34)26-12-11-25(23-5-1-2-6-24(23)26)27-18-36-38-19-21(17-35-29(27)38)20-7-9-22(10-8-20)39-16-15-37-13-3-4-14-37/h1-2,5-12,17-19,28H,3-4,13-16,34H2. The minimum Gasteiger partial charge on any atom is -0.492 e. The molecule has 1 fully saturated rings. The molecule has 1 unspecified atom stereocenters. The van der Waals surface area contributed by atoms with E-state index in [1.165, 1.54) is 18.9 Å². The Hall–Kier alpha value is -3.95. The molecule has 1 aliphatic rings. The van der Waals surface area contributed by atoms with Crippen molar-refractivity contribution in [1.82, 2.24) is 19.5 Å². The molecule has 200 valence electrons. The second-order valence-corrected chi connectivity index (χ2v) is 9.86. The molecule has 1 aliphatic heterocycles. The summed E-state index contributed by atoms with van der Waals surface area (Å²) in [6.45, 7) is 3.92. The summed E-state index contributed by atoms with van der Waals surface area (Å²) in [7, 11) is 0. The molecule has 0 aliphatic carbocycles. The molecule has 0 bridgehead atoms. The van der Waals surface area contributed by atoms with Crippen LogP contribution in [0.4, 0.5) is 13.2 Å². The summed E-state index contributed by atoms with van der Waals surface area (Å²) in [6.07, 6.45) is 3.36. The SMILES string of the molecule is NC(c1ccc(-c2cnn3cc(-c4ccc(OCCN5CCCC5)cc4)cnc23)c2ccccc12)C(F)(F)F. The third kappa shape index (κ3) is 5.07. The number of benzene rings is 3. The molecule has 9 heteroatoms. The van der Waals surface area contributed by atoms with Crippen LogP contribution in [-0.2, 0) is 0 Å². The minimum atomic E-state index is -4.54. The lowest BCUT2D eigenvalue weighted by atomic mass is 9.93. The number of alkyl halides is 3. The highest BCUT2D eigenvalue weighted by Crippen LogP contribution is 2.39. The molecule has 6 rings (SSSR count). The van der Waals surface area contributed by atoms with Gasteiger partial charge in [-0.3, -0.25) is 4.90 Å². The molecule has 0 saturated carbocycles. The number of nitrogens with zero attached hydrogens (tertiary/aromatic N) is 4. The maximum Gasteiger partial charge on any atom is 0.407 e. The zero-order valence-corrected chi connectivity index (χ0v) is 21.2. The van der Waals surface area contributed by atoms with Gasteiger partial charge in [0.25, 0.3) is 0 Å². The van der Waals surface area contributed by atoms with Gasteiger partial charge in [-0.15, -0.1) is 0 Å². The van der Waals surface area contributed by atoms with Crippen molar-refractivity contribution in [3.8, 4) is 28.0 Å². The summed E-state index contributed by atoms with van der Waals surface area (Å²) >= 11 is 0. The molecule has 3 aromatic carbocycles. The van der Waals surface area contributed by atoms with Crippen LogP contribution in [0.1, 0.15) is 24.4 Å². The Kier molecular flexibility index (Phi) is 6.70. The first-order valence-corrected chi connectivity index (χ1v) is 13.0. The molecule has 1 saturated heterocycles. The lowest BCUT2D eigenvalue weighted by molar-refractivity contribution is -0.148. The molecule has 39 heavy (non-hydrogen) atoms. The zero-order chi connectivity index (χ0) is 27.0. The highest BCUT2D eigenvalue weighted by Gasteiger charge is 2.38. The first-order chi connectivity index (χ1) is 18.9. The van der Waals surface area contributed by atoms with Crippen molar-refractivity contribution in [2.45, 2.75) is 25.1 Å². The van der Waals surface area contributed by atoms with Gasteiger partial charge in [-0.05, 0) is 65.5 Å². The Balaban J connectivity index is 1.26. The number of fused-ring (bicyclic) bond motifs is 2. The lowest BCUT2D eigenvalue weighted by Crippen LogP contribution is -2.28. The largest absolute Gasteiger partial charge is 0.492 e. The van der Waals surface area contributed by atoms with E-state index in [-0.39, 0.29) is 5.56 Å². The van der Waals surface area contributed by atoms with Crippen molar-refractivity contribution in [2.24, 2.45) is 5.73 Å². The van der Waals surface area contributed by atoms with Gasteiger partial charge in [-0.2, -0.15) is 18.3 Å². The van der Waals surface area contributed by atoms with Crippen LogP contribution in [0.3, 0.4) is 0 Å². The van der Waals surface area contributed by atoms with Gasteiger partial charge in [-0.1, -0.05) is 48.5 Å². The van der Waals surface area contributed by atoms with Crippen LogP contribution in [0.5, 0.6) is 5.75 Å². The monoisotopic (exact) mass is 531 g/mol. The second kappa shape index (κ2) is 10.3. The molecule has 1 atom stereocenters. The number of halogens is 3. The Morgan fingerprint density at radius 1 is 0.872 bits per heavy atom. The normalized spacial score (nSPS) is 15.3. The van der Waals surface area contributed by atoms with E-state index in [0.717, 1.165) is 47.6 Å². The summed E-state index contributed by atoms with van der Waals surface area (Å²) < 4.78 is 47.8. The molecule has 6 nitrogen and oxygen atoms in total. The number of hydrogen-bond acceptors (Lipinski definition) is 5. The number of nitrogens with two attached hydrogens (primary N) is 1. The summed E-state index contributed by atoms with van der Waals surface area (Å²) in [4.78, 5) is 7.09. The molecule has 0 amide bonds. The van der Waals surface area contributed by atoms with Crippen LogP contribution in [0.15, 0.2) is 79.3 Å². The topological polar surface area (TPSA) is 68.7 Å². The maximum atomic E-state index is 13.4. The van der Waals surface area contributed by atoms with E-state index >= 15 is 0 Å². The van der Waals surface area contributed by atoms with E-state index in [1.807, 2.05) is 30.5 Å². The van der Waals surface area contributed by atoms with Crippen LogP contribution < -0.4 is 10.5 Å². The molecule has 2 N–H and O–H groups in total. The smallest absolute Gasteiger partial charge is 0.407 e. The average Bonchev–Trinajstić information content (AvgIpc) is 3.62. The molecule has 3 heterocycles. The van der Waals surface area contributed by atoms with Crippen molar-refractivity contribution >= 4 is 16.4 Å². The van der Waals surface area contributed by atoms with Gasteiger partial charge in [0.05, 0.1) is 6.20 Å². The Labute approximate surface area is 223 Å². The third-order valence-electron chi connectivity index (χ3n) is 7.35. The van der Waals surface area contributed by atoms with Gasteiger partial charge in [0, 0.05) is 30.1 Å². The van der Waals surface area contributed by atoms with Gasteiger partial charge in [0.1, 0.15) is 18.4 Å². The Morgan fingerprint density at radius 2 is 1.62 bits per heavy atom. The number of likely N-dealkylation sites (tertiary alicyclic amines) is 1. The van der Waals surface area contributed by atoms with Crippen molar-refractivity contribution in [3.05, 3.63) is 84.8 Å². The van der Waals surface area contributed by atoms with Crippen molar-refractivity contribution in [2.75, 3.05) is 26.2 Å². The summed E-state index contributed by atoms with van der Waals surface area (Å²) in [5.41, 5.74) is 9.55. The second-order valence-electron chi connectivity index (χ2n) is 9.86. The first-order valence-electron chi connectivity index (χ1n) is 13.0. The predicted octanol–water partition coefficient (Wildman–Crippen LogP) is 6.25. The van der Waals surface area contributed by atoms with Crippen molar-refractivity contribution < 1.29 is 17.9 Å². The van der Waals surface area contributed by atoms with E-state index in [4.69, 9.17) is 10.5 Å². The van der Waals surface area contributed by atoms with E-state index in [1.54, 1.807) is 47.2 Å². The van der Waals surface area contributed by atoms with Gasteiger partial charge in [0.15, 0.2) is 5.65 Å². The van der Waals surface area contributed by atoms with Gasteiger partial charge >= 0.3 is 6.18 Å². The lowest BCUT2D eigenvalue weighted by Gasteiger charge is -2.19. The number of aromatic nitrogens is 3.